The molecular weight excluding hydrogens is 264 g/mol. The number of methoxy groups -OCH3 is 1. The van der Waals surface area contributed by atoms with Crippen molar-refractivity contribution in [3.05, 3.63) is 42.5 Å². The van der Waals surface area contributed by atoms with Crippen molar-refractivity contribution in [3.8, 4) is 0 Å². The Labute approximate surface area is 123 Å². The molecule has 3 heteroatoms. The Bertz CT molecular complexity index is 449. The molecule has 1 unspecified atom stereocenters. The van der Waals surface area contributed by atoms with E-state index in [1.54, 1.807) is 0 Å². The van der Waals surface area contributed by atoms with E-state index < -0.39 is 8.07 Å². The first-order valence-corrected chi connectivity index (χ1v) is 10.4. The zero-order valence-electron chi connectivity index (χ0n) is 13.1. The normalized spacial score (nSPS) is 12.8. The van der Waals surface area contributed by atoms with Gasteiger partial charge in [0.05, 0.1) is 21.1 Å². The third kappa shape index (κ3) is 4.64. The molecule has 1 rings (SSSR count). The lowest BCUT2D eigenvalue weighted by Crippen LogP contribution is -2.40. The second-order valence-electron chi connectivity index (χ2n) is 6.04. The first-order chi connectivity index (χ1) is 9.40. The topological polar surface area (TPSA) is 26.3 Å². The maximum Gasteiger partial charge on any atom is 0.308 e. The van der Waals surface area contributed by atoms with Crippen LogP contribution in [0.25, 0.3) is 0 Å². The summed E-state index contributed by atoms with van der Waals surface area (Å²) in [6.07, 6.45) is 3.78. The highest BCUT2D eigenvalue weighted by atomic mass is 28.3. The van der Waals surface area contributed by atoms with Crippen LogP contribution in [0, 0.1) is 5.92 Å². The summed E-state index contributed by atoms with van der Waals surface area (Å²) in [6.45, 7) is 10.5. The predicted octanol–water partition coefficient (Wildman–Crippen LogP) is 3.53. The standard InChI is InChI=1S/C17H26O2Si/c1-6-13-20(4,5)16-11-9-15(10-12-16)8-7-14(2)17(18)19-3/h6,9-12,14H,1,7-8,13H2,2-5H3. The zero-order valence-corrected chi connectivity index (χ0v) is 14.1. The Morgan fingerprint density at radius 2 is 1.95 bits per heavy atom. The monoisotopic (exact) mass is 290 g/mol. The van der Waals surface area contributed by atoms with Crippen molar-refractivity contribution >= 4 is 19.2 Å². The third-order valence-electron chi connectivity index (χ3n) is 3.86. The van der Waals surface area contributed by atoms with Crippen LogP contribution in [0.5, 0.6) is 0 Å². The van der Waals surface area contributed by atoms with Crippen molar-refractivity contribution in [2.75, 3.05) is 7.11 Å². The molecular formula is C17H26O2Si. The Kier molecular flexibility index (Phi) is 6.21. The summed E-state index contributed by atoms with van der Waals surface area (Å²) in [7, 11) is 0.0814. The summed E-state index contributed by atoms with van der Waals surface area (Å²) in [6, 6.07) is 9.97. The van der Waals surface area contributed by atoms with E-state index in [9.17, 15) is 4.79 Å². The van der Waals surface area contributed by atoms with Crippen molar-refractivity contribution in [1.29, 1.82) is 0 Å². The molecule has 0 aliphatic rings. The van der Waals surface area contributed by atoms with Crippen LogP contribution in [-0.4, -0.2) is 21.2 Å². The molecule has 1 aromatic carbocycles. The molecule has 1 atom stereocenters. The first-order valence-electron chi connectivity index (χ1n) is 7.19. The lowest BCUT2D eigenvalue weighted by molar-refractivity contribution is -0.145. The Morgan fingerprint density at radius 3 is 2.45 bits per heavy atom. The summed E-state index contributed by atoms with van der Waals surface area (Å²) in [4.78, 5) is 11.4. The number of ether oxygens (including phenoxy) is 1. The molecule has 0 radical (unpaired) electrons. The molecule has 20 heavy (non-hydrogen) atoms. The molecule has 1 aromatic rings. The van der Waals surface area contributed by atoms with Crippen molar-refractivity contribution in [2.45, 2.75) is 38.9 Å². The fourth-order valence-corrected chi connectivity index (χ4v) is 4.33. The molecule has 0 heterocycles. The highest BCUT2D eigenvalue weighted by molar-refractivity contribution is 6.90. The van der Waals surface area contributed by atoms with Crippen molar-refractivity contribution in [1.82, 2.24) is 0 Å². The van der Waals surface area contributed by atoms with Crippen LogP contribution in [0.15, 0.2) is 36.9 Å². The van der Waals surface area contributed by atoms with E-state index in [4.69, 9.17) is 4.74 Å². The van der Waals surface area contributed by atoms with Crippen LogP contribution in [0.1, 0.15) is 18.9 Å². The van der Waals surface area contributed by atoms with Crippen LogP contribution in [0.3, 0.4) is 0 Å². The second kappa shape index (κ2) is 7.43. The van der Waals surface area contributed by atoms with Gasteiger partial charge in [-0.2, -0.15) is 0 Å². The number of aryl methyl sites for hydroxylation is 1. The fraction of sp³-hybridized carbons (Fsp3) is 0.471. The van der Waals surface area contributed by atoms with Crippen molar-refractivity contribution in [3.63, 3.8) is 0 Å². The van der Waals surface area contributed by atoms with Gasteiger partial charge in [0.25, 0.3) is 0 Å². The molecule has 0 saturated carbocycles. The molecule has 0 aliphatic heterocycles. The maximum atomic E-state index is 11.4. The highest BCUT2D eigenvalue weighted by Gasteiger charge is 2.21. The number of rotatable bonds is 7. The van der Waals surface area contributed by atoms with E-state index in [-0.39, 0.29) is 11.9 Å². The molecule has 2 nitrogen and oxygen atoms in total. The molecule has 0 N–H and O–H groups in total. The second-order valence-corrected chi connectivity index (χ2v) is 10.8. The molecule has 0 aliphatic carbocycles. The Hall–Kier alpha value is -1.35. The summed E-state index contributed by atoms with van der Waals surface area (Å²) in [5.41, 5.74) is 1.29. The van der Waals surface area contributed by atoms with Gasteiger partial charge in [0.15, 0.2) is 0 Å². The molecule has 110 valence electrons. The van der Waals surface area contributed by atoms with Crippen LogP contribution < -0.4 is 5.19 Å². The zero-order chi connectivity index (χ0) is 15.2. The van der Waals surface area contributed by atoms with Crippen molar-refractivity contribution < 1.29 is 9.53 Å². The maximum absolute atomic E-state index is 11.4. The van der Waals surface area contributed by atoms with Crippen LogP contribution in [0.2, 0.25) is 19.1 Å². The van der Waals surface area contributed by atoms with E-state index in [1.807, 2.05) is 13.0 Å². The molecule has 0 bridgehead atoms. The quantitative estimate of drug-likeness (QED) is 0.436. The number of benzene rings is 1. The average molecular weight is 290 g/mol. The fourth-order valence-electron chi connectivity index (χ4n) is 2.30. The average Bonchev–Trinajstić information content (AvgIpc) is 2.44. The van der Waals surface area contributed by atoms with Gasteiger partial charge in [-0.3, -0.25) is 4.79 Å². The van der Waals surface area contributed by atoms with Gasteiger partial charge in [-0.25, -0.2) is 0 Å². The first kappa shape index (κ1) is 16.7. The van der Waals surface area contributed by atoms with Crippen LogP contribution in [0.4, 0.5) is 0 Å². The minimum atomic E-state index is -1.36. The van der Waals surface area contributed by atoms with E-state index in [1.165, 1.54) is 17.9 Å². The number of hydrogen-bond acceptors (Lipinski definition) is 2. The third-order valence-corrected chi connectivity index (χ3v) is 7.07. The molecule has 0 amide bonds. The van der Waals surface area contributed by atoms with Gasteiger partial charge in [-0.15, -0.1) is 6.58 Å². The SMILES string of the molecule is C=CC[Si](C)(C)c1ccc(CCC(C)C(=O)OC)cc1. The summed E-state index contributed by atoms with van der Waals surface area (Å²) in [5, 5.41) is 1.46. The smallest absolute Gasteiger partial charge is 0.308 e. The van der Waals surface area contributed by atoms with Gasteiger partial charge in [0.1, 0.15) is 0 Å². The van der Waals surface area contributed by atoms with Gasteiger partial charge < -0.3 is 4.74 Å². The predicted molar refractivity (Wildman–Crippen MR) is 88.1 cm³/mol. The molecule has 0 saturated heterocycles. The Morgan fingerprint density at radius 1 is 1.35 bits per heavy atom. The number of esters is 1. The van der Waals surface area contributed by atoms with E-state index >= 15 is 0 Å². The van der Waals surface area contributed by atoms with Crippen molar-refractivity contribution in [2.24, 2.45) is 5.92 Å². The van der Waals surface area contributed by atoms with E-state index in [0.717, 1.165) is 18.9 Å². The molecule has 0 spiro atoms. The lowest BCUT2D eigenvalue weighted by Gasteiger charge is -2.21. The number of allylic oxidation sites excluding steroid dienone is 1. The van der Waals surface area contributed by atoms with Crippen LogP contribution in [-0.2, 0) is 16.0 Å². The van der Waals surface area contributed by atoms with Gasteiger partial charge >= 0.3 is 5.97 Å². The van der Waals surface area contributed by atoms with Crippen LogP contribution >= 0.6 is 0 Å². The van der Waals surface area contributed by atoms with E-state index in [0.29, 0.717) is 0 Å². The molecule has 0 fully saturated rings. The number of hydrogen-bond donors (Lipinski definition) is 0. The molecule has 0 aromatic heterocycles. The van der Waals surface area contributed by atoms with Gasteiger partial charge in [0, 0.05) is 0 Å². The highest BCUT2D eigenvalue weighted by Crippen LogP contribution is 2.13. The Balaban J connectivity index is 2.63. The van der Waals surface area contributed by atoms with Gasteiger partial charge in [-0.1, -0.05) is 55.5 Å². The summed E-state index contributed by atoms with van der Waals surface area (Å²) >= 11 is 0. The largest absolute Gasteiger partial charge is 0.469 e. The number of carbonyl (C=O) groups is 1. The van der Waals surface area contributed by atoms with Gasteiger partial charge in [-0.05, 0) is 24.4 Å². The van der Waals surface area contributed by atoms with Gasteiger partial charge in [0.2, 0.25) is 0 Å². The minimum absolute atomic E-state index is 0.0359. The summed E-state index contributed by atoms with van der Waals surface area (Å²) in [5.74, 6) is -0.160. The summed E-state index contributed by atoms with van der Waals surface area (Å²) < 4.78 is 4.75. The lowest BCUT2D eigenvalue weighted by atomic mass is 10.0. The minimum Gasteiger partial charge on any atom is -0.469 e. The van der Waals surface area contributed by atoms with E-state index in [2.05, 4.69) is 43.9 Å². The number of carbonyl (C=O) groups excluding carboxylic acids is 1.